The third kappa shape index (κ3) is 7.63. The summed E-state index contributed by atoms with van der Waals surface area (Å²) in [7, 11) is 5.60. The normalized spacial score (nSPS) is 12.0. The van der Waals surface area contributed by atoms with Crippen molar-refractivity contribution in [3.05, 3.63) is 76.5 Å². The molecule has 0 unspecified atom stereocenters. The molecular formula is C25H30Cl2N4O2. The quantitative estimate of drug-likeness (QED) is 0.341. The molecule has 1 aromatic heterocycles. The number of nitrogens with zero attached hydrogens (tertiary/aromatic N) is 3. The van der Waals surface area contributed by atoms with Crippen LogP contribution in [0.2, 0.25) is 10.0 Å². The first kappa shape index (κ1) is 26.5. The van der Waals surface area contributed by atoms with Crippen LogP contribution in [0.3, 0.4) is 0 Å². The zero-order valence-electron chi connectivity index (χ0n) is 19.5. The van der Waals surface area contributed by atoms with E-state index in [1.165, 1.54) is 6.20 Å². The van der Waals surface area contributed by atoms with Crippen LogP contribution in [0, 0.1) is 0 Å². The first-order chi connectivity index (χ1) is 15.8. The molecule has 0 aliphatic carbocycles. The second-order valence-corrected chi connectivity index (χ2v) is 8.16. The third-order valence-electron chi connectivity index (χ3n) is 4.56. The van der Waals surface area contributed by atoms with Crippen molar-refractivity contribution >= 4 is 40.9 Å². The van der Waals surface area contributed by atoms with Crippen LogP contribution < -0.4 is 14.8 Å². The van der Waals surface area contributed by atoms with Gasteiger partial charge < -0.3 is 19.7 Å². The van der Waals surface area contributed by atoms with Gasteiger partial charge in [0.1, 0.15) is 17.4 Å². The largest absolute Gasteiger partial charge is 0.495 e. The molecule has 1 N–H and O–H groups in total. The van der Waals surface area contributed by atoms with Crippen molar-refractivity contribution < 1.29 is 9.47 Å². The van der Waals surface area contributed by atoms with E-state index in [2.05, 4.69) is 52.4 Å². The molecule has 8 heteroatoms. The van der Waals surface area contributed by atoms with Gasteiger partial charge in [-0.2, -0.15) is 4.98 Å². The minimum Gasteiger partial charge on any atom is -0.495 e. The number of allylic oxidation sites excluding steroid dienone is 1. The van der Waals surface area contributed by atoms with E-state index in [1.807, 2.05) is 14.1 Å². The highest BCUT2D eigenvalue weighted by Gasteiger charge is 2.13. The van der Waals surface area contributed by atoms with Crippen molar-refractivity contribution in [1.82, 2.24) is 14.9 Å². The Morgan fingerprint density at radius 3 is 2.55 bits per heavy atom. The van der Waals surface area contributed by atoms with Crippen molar-refractivity contribution in [3.8, 4) is 11.6 Å². The van der Waals surface area contributed by atoms with Gasteiger partial charge in [-0.1, -0.05) is 67.6 Å². The van der Waals surface area contributed by atoms with Crippen LogP contribution in [0.1, 0.15) is 18.9 Å². The summed E-state index contributed by atoms with van der Waals surface area (Å²) in [4.78, 5) is 10.8. The Bertz CT molecular complexity index is 1050. The molecule has 0 aliphatic heterocycles. The van der Waals surface area contributed by atoms with E-state index in [4.69, 9.17) is 32.7 Å². The number of methoxy groups -OCH3 is 1. The summed E-state index contributed by atoms with van der Waals surface area (Å²) in [5, 5.41) is 3.93. The Hall–Kier alpha value is -2.80. The molecule has 0 saturated heterocycles. The maximum Gasteiger partial charge on any atom is 0.237 e. The van der Waals surface area contributed by atoms with Crippen molar-refractivity contribution in [3.63, 3.8) is 0 Å². The standard InChI is InChI=1S/C25H30Cl2N4O2/c1-7-10-11-19(15-31(4)5)18(9-3)16-33-24-21(27)14-28-25(30-24)29-22-13-20(26)17(8-2)12-23(22)32-6/h8-14H,2-3,7,15-16H2,1,4-6H3,(H,28,29,30)/b11-10-,19-18+. The van der Waals surface area contributed by atoms with Gasteiger partial charge in [-0.05, 0) is 49.4 Å². The number of aromatic nitrogens is 2. The molecule has 0 fully saturated rings. The predicted molar refractivity (Wildman–Crippen MR) is 139 cm³/mol. The smallest absolute Gasteiger partial charge is 0.237 e. The van der Waals surface area contributed by atoms with E-state index in [0.29, 0.717) is 27.4 Å². The van der Waals surface area contributed by atoms with Crippen molar-refractivity contribution in [2.45, 2.75) is 13.3 Å². The summed E-state index contributed by atoms with van der Waals surface area (Å²) in [5.74, 6) is 1.12. The van der Waals surface area contributed by atoms with Gasteiger partial charge in [0.25, 0.3) is 0 Å². The molecule has 6 nitrogen and oxygen atoms in total. The fraction of sp³-hybridized carbons (Fsp3) is 0.280. The SMILES string of the molecule is C=C/C(COc1nc(Nc2cc(Cl)c(C=C)cc2OC)ncc1Cl)=C(/C=C\CC)CN(C)C. The number of halogens is 2. The molecule has 0 bridgehead atoms. The van der Waals surface area contributed by atoms with Crippen LogP contribution in [0.25, 0.3) is 6.08 Å². The Labute approximate surface area is 206 Å². The number of ether oxygens (including phenoxy) is 2. The average Bonchev–Trinajstić information content (AvgIpc) is 2.79. The number of hydrogen-bond acceptors (Lipinski definition) is 6. The summed E-state index contributed by atoms with van der Waals surface area (Å²) < 4.78 is 11.4. The second kappa shape index (κ2) is 13.0. The highest BCUT2D eigenvalue weighted by Crippen LogP contribution is 2.34. The molecule has 1 aromatic carbocycles. The maximum atomic E-state index is 6.31. The molecule has 176 valence electrons. The van der Waals surface area contributed by atoms with E-state index >= 15 is 0 Å². The molecule has 0 saturated carbocycles. The van der Waals surface area contributed by atoms with Gasteiger partial charge in [0, 0.05) is 6.54 Å². The highest BCUT2D eigenvalue weighted by atomic mass is 35.5. The van der Waals surface area contributed by atoms with Gasteiger partial charge in [-0.25, -0.2) is 4.98 Å². The molecule has 0 spiro atoms. The first-order valence-corrected chi connectivity index (χ1v) is 11.2. The molecule has 0 amide bonds. The van der Waals surface area contributed by atoms with Crippen molar-refractivity contribution in [1.29, 1.82) is 0 Å². The number of nitrogens with one attached hydrogen (secondary N) is 1. The zero-order valence-corrected chi connectivity index (χ0v) is 21.0. The van der Waals surface area contributed by atoms with E-state index in [1.54, 1.807) is 31.4 Å². The lowest BCUT2D eigenvalue weighted by Gasteiger charge is -2.16. The van der Waals surface area contributed by atoms with Gasteiger partial charge in [-0.15, -0.1) is 0 Å². The summed E-state index contributed by atoms with van der Waals surface area (Å²) in [5.41, 5.74) is 3.42. The molecule has 2 aromatic rings. The molecular weight excluding hydrogens is 459 g/mol. The highest BCUT2D eigenvalue weighted by molar-refractivity contribution is 6.32. The number of likely N-dealkylation sites (N-methyl/N-ethyl adjacent to an activating group) is 1. The van der Waals surface area contributed by atoms with E-state index in [9.17, 15) is 0 Å². The Balaban J connectivity index is 2.29. The van der Waals surface area contributed by atoms with Gasteiger partial charge in [-0.3, -0.25) is 0 Å². The second-order valence-electron chi connectivity index (χ2n) is 7.34. The minimum absolute atomic E-state index is 0.255. The molecule has 0 aliphatic rings. The summed E-state index contributed by atoms with van der Waals surface area (Å²) >= 11 is 12.6. The molecule has 1 heterocycles. The molecule has 33 heavy (non-hydrogen) atoms. The Morgan fingerprint density at radius 1 is 1.18 bits per heavy atom. The van der Waals surface area contributed by atoms with E-state index < -0.39 is 0 Å². The lowest BCUT2D eigenvalue weighted by Crippen LogP contribution is -2.17. The lowest BCUT2D eigenvalue weighted by molar-refractivity contribution is 0.339. The van der Waals surface area contributed by atoms with Crippen LogP contribution in [0.15, 0.2) is 60.9 Å². The van der Waals surface area contributed by atoms with Crippen molar-refractivity contribution in [2.75, 3.05) is 39.7 Å². The van der Waals surface area contributed by atoms with Crippen LogP contribution in [0.5, 0.6) is 11.6 Å². The van der Waals surface area contributed by atoms with Crippen LogP contribution >= 0.6 is 23.2 Å². The topological polar surface area (TPSA) is 59.5 Å². The third-order valence-corrected chi connectivity index (χ3v) is 5.15. The monoisotopic (exact) mass is 488 g/mol. The number of benzene rings is 1. The van der Waals surface area contributed by atoms with E-state index in [0.717, 1.165) is 29.7 Å². The van der Waals surface area contributed by atoms with Crippen LogP contribution in [-0.2, 0) is 0 Å². The molecule has 2 rings (SSSR count). The molecule has 0 radical (unpaired) electrons. The van der Waals surface area contributed by atoms with Gasteiger partial charge in [0.2, 0.25) is 11.8 Å². The summed E-state index contributed by atoms with van der Waals surface area (Å²) in [6.07, 6.45) is 10.1. The lowest BCUT2D eigenvalue weighted by atomic mass is 10.1. The average molecular weight is 489 g/mol. The predicted octanol–water partition coefficient (Wildman–Crippen LogP) is 6.57. The van der Waals surface area contributed by atoms with Crippen LogP contribution in [-0.4, -0.2) is 49.2 Å². The molecule has 0 atom stereocenters. The fourth-order valence-corrected chi connectivity index (χ4v) is 3.30. The number of anilines is 2. The van der Waals surface area contributed by atoms with Crippen molar-refractivity contribution in [2.24, 2.45) is 0 Å². The Morgan fingerprint density at radius 2 is 1.94 bits per heavy atom. The fourth-order valence-electron chi connectivity index (χ4n) is 2.92. The van der Waals surface area contributed by atoms with E-state index in [-0.39, 0.29) is 12.5 Å². The maximum absolute atomic E-state index is 6.31. The number of rotatable bonds is 12. The number of hydrogen-bond donors (Lipinski definition) is 1. The summed E-state index contributed by atoms with van der Waals surface area (Å²) in [6.45, 7) is 10.8. The summed E-state index contributed by atoms with van der Waals surface area (Å²) in [6, 6.07) is 3.50. The first-order valence-electron chi connectivity index (χ1n) is 10.4. The van der Waals surface area contributed by atoms with Gasteiger partial charge >= 0.3 is 0 Å². The zero-order chi connectivity index (χ0) is 24.4. The van der Waals surface area contributed by atoms with Crippen LogP contribution in [0.4, 0.5) is 11.6 Å². The Kier molecular flexibility index (Phi) is 10.5. The van der Waals surface area contributed by atoms with Gasteiger partial charge in [0.15, 0.2) is 0 Å². The van der Waals surface area contributed by atoms with Gasteiger partial charge in [0.05, 0.1) is 24.0 Å². The minimum atomic E-state index is 0.255.